The van der Waals surface area contributed by atoms with Crippen molar-refractivity contribution in [2.24, 2.45) is 0 Å². The maximum absolute atomic E-state index is 11.4. The molecule has 0 aromatic heterocycles. The zero-order valence-electron chi connectivity index (χ0n) is 8.13. The highest BCUT2D eigenvalue weighted by Crippen LogP contribution is 2.25. The van der Waals surface area contributed by atoms with Gasteiger partial charge in [0.15, 0.2) is 0 Å². The molecule has 1 aromatic rings. The topological polar surface area (TPSA) is 86.5 Å². The molecule has 15 heavy (non-hydrogen) atoms. The van der Waals surface area contributed by atoms with Crippen LogP contribution in [0, 0.1) is 17.0 Å². The molecule has 0 unspecified atom stereocenters. The van der Waals surface area contributed by atoms with E-state index in [0.717, 1.165) is 7.11 Å². The Morgan fingerprint density at radius 2 is 2.00 bits per heavy atom. The van der Waals surface area contributed by atoms with E-state index in [2.05, 4.69) is 4.18 Å². The van der Waals surface area contributed by atoms with Gasteiger partial charge in [-0.1, -0.05) is 6.07 Å². The molecule has 1 aromatic carbocycles. The van der Waals surface area contributed by atoms with E-state index in [1.54, 1.807) is 0 Å². The normalized spacial score (nSPS) is 11.3. The Labute approximate surface area is 86.8 Å². The summed E-state index contributed by atoms with van der Waals surface area (Å²) >= 11 is 0. The SMILES string of the molecule is COS(=O)(=O)c1cccc([N+](=O)[O-])c1C. The van der Waals surface area contributed by atoms with Crippen molar-refractivity contribution in [1.82, 2.24) is 0 Å². The highest BCUT2D eigenvalue weighted by atomic mass is 32.2. The van der Waals surface area contributed by atoms with E-state index >= 15 is 0 Å². The molecular formula is C8H9NO5S. The van der Waals surface area contributed by atoms with Crippen molar-refractivity contribution in [3.05, 3.63) is 33.9 Å². The molecule has 0 atom stereocenters. The lowest BCUT2D eigenvalue weighted by atomic mass is 10.2. The van der Waals surface area contributed by atoms with Crippen molar-refractivity contribution >= 4 is 15.8 Å². The molecule has 0 amide bonds. The van der Waals surface area contributed by atoms with Crippen LogP contribution in [0.5, 0.6) is 0 Å². The summed E-state index contributed by atoms with van der Waals surface area (Å²) in [6.45, 7) is 1.37. The Morgan fingerprint density at radius 3 is 2.47 bits per heavy atom. The minimum atomic E-state index is -3.89. The largest absolute Gasteiger partial charge is 0.297 e. The quantitative estimate of drug-likeness (QED) is 0.443. The average Bonchev–Trinajstić information content (AvgIpc) is 2.17. The summed E-state index contributed by atoms with van der Waals surface area (Å²) in [5.41, 5.74) is -0.169. The molecule has 0 aliphatic carbocycles. The Hall–Kier alpha value is -1.47. The number of rotatable bonds is 3. The highest BCUT2D eigenvalue weighted by molar-refractivity contribution is 7.86. The predicted molar refractivity (Wildman–Crippen MR) is 52.0 cm³/mol. The van der Waals surface area contributed by atoms with Crippen LogP contribution in [0.1, 0.15) is 5.56 Å². The van der Waals surface area contributed by atoms with Gasteiger partial charge < -0.3 is 0 Å². The molecule has 7 heteroatoms. The predicted octanol–water partition coefficient (Wildman–Crippen LogP) is 1.24. The van der Waals surface area contributed by atoms with E-state index in [9.17, 15) is 18.5 Å². The molecule has 0 radical (unpaired) electrons. The third kappa shape index (κ3) is 2.13. The monoisotopic (exact) mass is 231 g/mol. The molecule has 6 nitrogen and oxygen atoms in total. The van der Waals surface area contributed by atoms with Gasteiger partial charge in [-0.15, -0.1) is 0 Å². The summed E-state index contributed by atoms with van der Waals surface area (Å²) in [7, 11) is -2.88. The summed E-state index contributed by atoms with van der Waals surface area (Å²) in [6.07, 6.45) is 0. The zero-order valence-corrected chi connectivity index (χ0v) is 8.95. The fraction of sp³-hybridized carbons (Fsp3) is 0.250. The first-order chi connectivity index (χ1) is 6.90. The molecule has 0 N–H and O–H groups in total. The minimum Gasteiger partial charge on any atom is -0.270 e. The molecular weight excluding hydrogens is 222 g/mol. The second kappa shape index (κ2) is 3.95. The van der Waals surface area contributed by atoms with Gasteiger partial charge >= 0.3 is 0 Å². The molecule has 0 spiro atoms. The summed E-state index contributed by atoms with van der Waals surface area (Å²) in [4.78, 5) is 9.74. The summed E-state index contributed by atoms with van der Waals surface area (Å²) in [5, 5.41) is 10.6. The first kappa shape index (κ1) is 11.6. The molecule has 0 aliphatic heterocycles. The van der Waals surface area contributed by atoms with Gasteiger partial charge in [-0.3, -0.25) is 14.3 Å². The van der Waals surface area contributed by atoms with Crippen molar-refractivity contribution in [1.29, 1.82) is 0 Å². The number of nitro groups is 1. The van der Waals surface area contributed by atoms with Crippen molar-refractivity contribution in [3.63, 3.8) is 0 Å². The zero-order chi connectivity index (χ0) is 11.6. The summed E-state index contributed by atoms with van der Waals surface area (Å²) in [6, 6.07) is 3.81. The van der Waals surface area contributed by atoms with Gasteiger partial charge in [0.25, 0.3) is 15.8 Å². The smallest absolute Gasteiger partial charge is 0.270 e. The van der Waals surface area contributed by atoms with Gasteiger partial charge in [-0.05, 0) is 13.0 Å². The Morgan fingerprint density at radius 1 is 1.40 bits per heavy atom. The van der Waals surface area contributed by atoms with Crippen molar-refractivity contribution in [2.75, 3.05) is 7.11 Å². The first-order valence-electron chi connectivity index (χ1n) is 3.95. The second-order valence-corrected chi connectivity index (χ2v) is 4.46. The van der Waals surface area contributed by atoms with Crippen LogP contribution < -0.4 is 0 Å². The second-order valence-electron chi connectivity index (χ2n) is 2.78. The number of hydrogen-bond acceptors (Lipinski definition) is 5. The van der Waals surface area contributed by atoms with Crippen LogP contribution in [-0.4, -0.2) is 20.5 Å². The molecule has 0 heterocycles. The molecule has 0 saturated heterocycles. The molecule has 82 valence electrons. The van der Waals surface area contributed by atoms with E-state index in [1.165, 1.54) is 25.1 Å². The van der Waals surface area contributed by atoms with Crippen molar-refractivity contribution in [3.8, 4) is 0 Å². The lowest BCUT2D eigenvalue weighted by Crippen LogP contribution is -2.06. The van der Waals surface area contributed by atoms with Crippen LogP contribution in [0.25, 0.3) is 0 Å². The third-order valence-corrected chi connectivity index (χ3v) is 3.36. The van der Waals surface area contributed by atoms with Crippen LogP contribution in [0.2, 0.25) is 0 Å². The maximum atomic E-state index is 11.4. The van der Waals surface area contributed by atoms with E-state index in [0.29, 0.717) is 0 Å². The van der Waals surface area contributed by atoms with Crippen LogP contribution >= 0.6 is 0 Å². The fourth-order valence-corrected chi connectivity index (χ4v) is 2.07. The highest BCUT2D eigenvalue weighted by Gasteiger charge is 2.22. The van der Waals surface area contributed by atoms with E-state index < -0.39 is 15.0 Å². The standard InChI is InChI=1S/C8H9NO5S/c1-6-7(9(10)11)4-3-5-8(6)15(12,13)14-2/h3-5H,1-2H3. The van der Waals surface area contributed by atoms with Gasteiger partial charge in [-0.25, -0.2) is 0 Å². The number of nitrogens with zero attached hydrogens (tertiary/aromatic N) is 1. The lowest BCUT2D eigenvalue weighted by molar-refractivity contribution is -0.385. The van der Waals surface area contributed by atoms with Gasteiger partial charge in [-0.2, -0.15) is 8.42 Å². The molecule has 1 rings (SSSR count). The summed E-state index contributed by atoms with van der Waals surface area (Å²) in [5.74, 6) is 0. The van der Waals surface area contributed by atoms with Crippen LogP contribution in [0.3, 0.4) is 0 Å². The van der Waals surface area contributed by atoms with Gasteiger partial charge in [0.1, 0.15) is 4.90 Å². The fourth-order valence-electron chi connectivity index (χ4n) is 1.16. The van der Waals surface area contributed by atoms with Gasteiger partial charge in [0.05, 0.1) is 12.0 Å². The Kier molecular flexibility index (Phi) is 3.06. The van der Waals surface area contributed by atoms with Crippen LogP contribution in [0.4, 0.5) is 5.69 Å². The number of nitro benzene ring substituents is 1. The molecule has 0 bridgehead atoms. The van der Waals surface area contributed by atoms with Gasteiger partial charge in [0, 0.05) is 11.6 Å². The minimum absolute atomic E-state index is 0.0735. The molecule has 0 aliphatic rings. The number of hydrogen-bond donors (Lipinski definition) is 0. The van der Waals surface area contributed by atoms with Crippen molar-refractivity contribution in [2.45, 2.75) is 11.8 Å². The van der Waals surface area contributed by atoms with Gasteiger partial charge in [0.2, 0.25) is 0 Å². The van der Waals surface area contributed by atoms with E-state index in [1.807, 2.05) is 0 Å². The first-order valence-corrected chi connectivity index (χ1v) is 5.35. The maximum Gasteiger partial charge on any atom is 0.297 e. The van der Waals surface area contributed by atoms with Crippen molar-refractivity contribution < 1.29 is 17.5 Å². The average molecular weight is 231 g/mol. The van der Waals surface area contributed by atoms with Crippen LogP contribution in [-0.2, 0) is 14.3 Å². The lowest BCUT2D eigenvalue weighted by Gasteiger charge is -2.04. The third-order valence-electron chi connectivity index (χ3n) is 1.94. The van der Waals surface area contributed by atoms with E-state index in [-0.39, 0.29) is 16.1 Å². The van der Waals surface area contributed by atoms with Crippen LogP contribution in [0.15, 0.2) is 23.1 Å². The Bertz CT molecular complexity index is 494. The number of benzene rings is 1. The van der Waals surface area contributed by atoms with E-state index in [4.69, 9.17) is 0 Å². The summed E-state index contributed by atoms with van der Waals surface area (Å²) < 4.78 is 27.0. The Balaban J connectivity index is 3.47. The molecule has 0 saturated carbocycles. The molecule has 0 fully saturated rings.